The van der Waals surface area contributed by atoms with E-state index >= 15 is 0 Å². The number of hydrogen-bond acceptors (Lipinski definition) is 13. The van der Waals surface area contributed by atoms with Crippen molar-refractivity contribution < 1.29 is 61.8 Å². The fraction of sp³-hybridized carbons (Fsp3) is 0.786. The molecule has 0 bridgehead atoms. The molecule has 0 spiro atoms. The Bertz CT molecular complexity index is 709. The van der Waals surface area contributed by atoms with E-state index in [2.05, 4.69) is 12.2 Å². The molecule has 0 aliphatic carbocycles. The molecule has 0 aromatic rings. The number of carbonyl (C=O) groups is 3. The van der Waals surface area contributed by atoms with Gasteiger partial charge >= 0.3 is 0 Å². The van der Waals surface area contributed by atoms with E-state index in [1.807, 2.05) is 0 Å². The third kappa shape index (κ3) is 25.0. The van der Waals surface area contributed by atoms with Gasteiger partial charge in [-0.15, -0.1) is 0 Å². The second kappa shape index (κ2) is 30.0. The van der Waals surface area contributed by atoms with Gasteiger partial charge < -0.3 is 52.7 Å². The van der Waals surface area contributed by atoms with E-state index in [4.69, 9.17) is 47.4 Å². The number of nitrogens with one attached hydrogen (secondary N) is 1. The summed E-state index contributed by atoms with van der Waals surface area (Å²) in [5.74, 6) is -1.40. The van der Waals surface area contributed by atoms with Gasteiger partial charge in [0, 0.05) is 25.3 Å². The summed E-state index contributed by atoms with van der Waals surface area (Å²) in [6.45, 7) is 12.9. The summed E-state index contributed by atoms with van der Waals surface area (Å²) in [7, 11) is 0. The molecule has 1 aliphatic rings. The maximum atomic E-state index is 11.7. The van der Waals surface area contributed by atoms with E-state index in [1.54, 1.807) is 0 Å². The Labute approximate surface area is 254 Å². The SMILES string of the molecule is [CH2]COCCOCCOCCOCCOCCOCCOCCOCCOCCOCCNC(=O)CN1C(=O)C=CC1=O. The first kappa shape index (κ1) is 39.0. The number of ether oxygens (including phenoxy) is 10. The third-order valence-electron chi connectivity index (χ3n) is 5.26. The van der Waals surface area contributed by atoms with Crippen molar-refractivity contribution in [1.29, 1.82) is 0 Å². The molecular formula is C28H49N2O13. The average Bonchev–Trinajstić information content (AvgIpc) is 3.32. The lowest BCUT2D eigenvalue weighted by atomic mass is 10.4. The van der Waals surface area contributed by atoms with Crippen LogP contribution in [0, 0.1) is 6.92 Å². The van der Waals surface area contributed by atoms with Gasteiger partial charge in [0.2, 0.25) is 5.91 Å². The van der Waals surface area contributed by atoms with Gasteiger partial charge in [0.15, 0.2) is 0 Å². The summed E-state index contributed by atoms with van der Waals surface area (Å²) in [5, 5.41) is 2.59. The van der Waals surface area contributed by atoms with Crippen LogP contribution in [-0.2, 0) is 61.8 Å². The molecule has 1 radical (unpaired) electrons. The highest BCUT2D eigenvalue weighted by Crippen LogP contribution is 2.02. The summed E-state index contributed by atoms with van der Waals surface area (Å²) >= 11 is 0. The van der Waals surface area contributed by atoms with Crippen molar-refractivity contribution in [3.63, 3.8) is 0 Å². The minimum Gasteiger partial charge on any atom is -0.379 e. The predicted octanol–water partition coefficient (Wildman–Crippen LogP) is -0.972. The molecule has 0 unspecified atom stereocenters. The van der Waals surface area contributed by atoms with Crippen LogP contribution in [0.15, 0.2) is 12.2 Å². The van der Waals surface area contributed by atoms with Crippen molar-refractivity contribution in [3.05, 3.63) is 19.1 Å². The van der Waals surface area contributed by atoms with Gasteiger partial charge in [0.05, 0.1) is 126 Å². The van der Waals surface area contributed by atoms with Gasteiger partial charge in [-0.05, 0) is 6.92 Å². The summed E-state index contributed by atoms with van der Waals surface area (Å²) in [5.41, 5.74) is 0. The van der Waals surface area contributed by atoms with Crippen LogP contribution >= 0.6 is 0 Å². The lowest BCUT2D eigenvalue weighted by Gasteiger charge is -2.13. The van der Waals surface area contributed by atoms with Crippen LogP contribution in [0.2, 0.25) is 0 Å². The Kier molecular flexibility index (Phi) is 27.2. The highest BCUT2D eigenvalue weighted by Gasteiger charge is 2.25. The molecule has 0 saturated heterocycles. The number of rotatable bonds is 33. The molecule has 15 nitrogen and oxygen atoms in total. The minimum absolute atomic E-state index is 0.268. The highest BCUT2D eigenvalue weighted by atomic mass is 16.6. The molecule has 43 heavy (non-hydrogen) atoms. The van der Waals surface area contributed by atoms with Gasteiger partial charge in [0.25, 0.3) is 11.8 Å². The van der Waals surface area contributed by atoms with Crippen molar-refractivity contribution in [2.45, 2.75) is 0 Å². The summed E-state index contributed by atoms with van der Waals surface area (Å²) in [6, 6.07) is 0. The standard InChI is InChI=1S/C28H49N2O13/c1-2-34-7-8-36-11-12-38-15-16-40-19-20-42-23-24-43-22-21-41-18-17-39-14-13-37-10-9-35-6-5-29-26(31)25-30-27(32)3-4-28(30)33/h3-4H,1-2,5-25H2,(H,29,31). The molecule has 0 saturated carbocycles. The molecular weight excluding hydrogens is 572 g/mol. The van der Waals surface area contributed by atoms with E-state index in [9.17, 15) is 14.4 Å². The van der Waals surface area contributed by atoms with Crippen molar-refractivity contribution in [1.82, 2.24) is 10.2 Å². The van der Waals surface area contributed by atoms with Crippen LogP contribution in [0.3, 0.4) is 0 Å². The second-order valence-electron chi connectivity index (χ2n) is 8.57. The van der Waals surface area contributed by atoms with E-state index in [-0.39, 0.29) is 19.7 Å². The first-order chi connectivity index (χ1) is 21.1. The smallest absolute Gasteiger partial charge is 0.254 e. The Morgan fingerprint density at radius 1 is 0.512 bits per heavy atom. The van der Waals surface area contributed by atoms with Gasteiger partial charge in [0.1, 0.15) is 6.54 Å². The fourth-order valence-electron chi connectivity index (χ4n) is 3.13. The lowest BCUT2D eigenvalue weighted by molar-refractivity contribution is -0.141. The highest BCUT2D eigenvalue weighted by molar-refractivity contribution is 6.14. The quantitative estimate of drug-likeness (QED) is 0.0705. The lowest BCUT2D eigenvalue weighted by Crippen LogP contribution is -2.41. The predicted molar refractivity (Wildman–Crippen MR) is 152 cm³/mol. The number of imide groups is 1. The zero-order valence-corrected chi connectivity index (χ0v) is 25.2. The maximum Gasteiger partial charge on any atom is 0.254 e. The first-order valence-corrected chi connectivity index (χ1v) is 14.5. The second-order valence-corrected chi connectivity index (χ2v) is 8.57. The van der Waals surface area contributed by atoms with Crippen molar-refractivity contribution >= 4 is 17.7 Å². The maximum absolute atomic E-state index is 11.7. The Morgan fingerprint density at radius 2 is 0.791 bits per heavy atom. The van der Waals surface area contributed by atoms with E-state index in [1.165, 1.54) is 0 Å². The fourth-order valence-corrected chi connectivity index (χ4v) is 3.13. The zero-order valence-electron chi connectivity index (χ0n) is 25.2. The molecule has 0 fully saturated rings. The molecule has 1 aliphatic heterocycles. The summed E-state index contributed by atoms with van der Waals surface area (Å²) in [6.07, 6.45) is 2.27. The summed E-state index contributed by atoms with van der Waals surface area (Å²) < 4.78 is 53.7. The normalized spacial score (nSPS) is 13.0. The average molecular weight is 622 g/mol. The molecule has 1 rings (SSSR count). The summed E-state index contributed by atoms with van der Waals surface area (Å²) in [4.78, 5) is 35.4. The largest absolute Gasteiger partial charge is 0.379 e. The molecule has 0 aromatic heterocycles. The number of hydrogen-bond donors (Lipinski definition) is 1. The minimum atomic E-state index is -0.490. The van der Waals surface area contributed by atoms with Crippen LogP contribution in [0.5, 0.6) is 0 Å². The topological polar surface area (TPSA) is 159 Å². The van der Waals surface area contributed by atoms with Crippen LogP contribution < -0.4 is 5.32 Å². The van der Waals surface area contributed by atoms with Crippen molar-refractivity contribution in [3.8, 4) is 0 Å². The molecule has 249 valence electrons. The van der Waals surface area contributed by atoms with E-state index < -0.39 is 17.7 Å². The van der Waals surface area contributed by atoms with Gasteiger partial charge in [-0.2, -0.15) is 0 Å². The third-order valence-corrected chi connectivity index (χ3v) is 5.26. The van der Waals surface area contributed by atoms with Crippen LogP contribution in [0.25, 0.3) is 0 Å². The van der Waals surface area contributed by atoms with Crippen LogP contribution in [0.1, 0.15) is 0 Å². The van der Waals surface area contributed by atoms with Crippen molar-refractivity contribution in [2.24, 2.45) is 0 Å². The first-order valence-electron chi connectivity index (χ1n) is 14.5. The Balaban J connectivity index is 1.66. The van der Waals surface area contributed by atoms with Crippen LogP contribution in [-0.4, -0.2) is 168 Å². The number of carbonyl (C=O) groups excluding carboxylic acids is 3. The molecule has 3 amide bonds. The molecule has 0 aromatic carbocycles. The number of nitrogens with zero attached hydrogens (tertiary/aromatic N) is 1. The van der Waals surface area contributed by atoms with E-state index in [0.29, 0.717) is 126 Å². The molecule has 1 heterocycles. The molecule has 15 heteroatoms. The molecule has 0 atom stereocenters. The van der Waals surface area contributed by atoms with Crippen LogP contribution in [0.4, 0.5) is 0 Å². The number of amides is 3. The Hall–Kier alpha value is -2.05. The Morgan fingerprint density at radius 3 is 1.09 bits per heavy atom. The van der Waals surface area contributed by atoms with E-state index in [0.717, 1.165) is 17.1 Å². The van der Waals surface area contributed by atoms with Gasteiger partial charge in [-0.3, -0.25) is 19.3 Å². The zero-order chi connectivity index (χ0) is 31.1. The molecule has 1 N–H and O–H groups in total. The van der Waals surface area contributed by atoms with Gasteiger partial charge in [-0.1, -0.05) is 0 Å². The monoisotopic (exact) mass is 621 g/mol. The van der Waals surface area contributed by atoms with Crippen molar-refractivity contribution in [2.75, 3.05) is 145 Å². The van der Waals surface area contributed by atoms with Gasteiger partial charge in [-0.25, -0.2) is 0 Å².